The molecule has 1 aromatic rings. The molecule has 1 amide bonds. The van der Waals surface area contributed by atoms with Crippen LogP contribution in [0.1, 0.15) is 33.6 Å². The molecule has 0 aliphatic carbocycles. The fraction of sp³-hybridized carbons (Fsp3) is 0.600. The summed E-state index contributed by atoms with van der Waals surface area (Å²) in [6.45, 7) is 9.07. The number of aliphatic imine (C=N–C) groups is 1. The highest BCUT2D eigenvalue weighted by molar-refractivity contribution is 14.0. The number of amides is 1. The van der Waals surface area contributed by atoms with Gasteiger partial charge >= 0.3 is 0 Å². The number of carbonyl (C=O) groups excluding carboxylic acids is 1. The summed E-state index contributed by atoms with van der Waals surface area (Å²) in [6, 6.07) is 8.56. The van der Waals surface area contributed by atoms with Gasteiger partial charge in [-0.1, -0.05) is 12.1 Å². The molecule has 0 aromatic heterocycles. The Morgan fingerprint density at radius 2 is 2.11 bits per heavy atom. The van der Waals surface area contributed by atoms with Crippen LogP contribution < -0.4 is 25.6 Å². The van der Waals surface area contributed by atoms with Gasteiger partial charge in [-0.2, -0.15) is 0 Å². The highest BCUT2D eigenvalue weighted by atomic mass is 127. The Morgan fingerprint density at radius 3 is 2.79 bits per heavy atom. The molecule has 1 atom stereocenters. The molecule has 1 saturated heterocycles. The van der Waals surface area contributed by atoms with Gasteiger partial charge in [-0.05, 0) is 39.3 Å². The first-order valence-corrected chi connectivity index (χ1v) is 9.75. The first-order chi connectivity index (χ1) is 13.0. The third kappa shape index (κ3) is 7.73. The number of nitrogens with one attached hydrogen (secondary N) is 3. The summed E-state index contributed by atoms with van der Waals surface area (Å²) in [5.74, 6) is 1.70. The van der Waals surface area contributed by atoms with Gasteiger partial charge in [0.15, 0.2) is 5.96 Å². The van der Waals surface area contributed by atoms with Gasteiger partial charge in [0.2, 0.25) is 5.91 Å². The van der Waals surface area contributed by atoms with Gasteiger partial charge < -0.3 is 25.6 Å². The number of ether oxygens (including phenoxy) is 1. The van der Waals surface area contributed by atoms with Crippen LogP contribution in [0.15, 0.2) is 29.3 Å². The van der Waals surface area contributed by atoms with Gasteiger partial charge in [0.05, 0.1) is 19.3 Å². The first kappa shape index (κ1) is 24.3. The van der Waals surface area contributed by atoms with Crippen LogP contribution in [-0.4, -0.2) is 57.2 Å². The number of halogens is 1. The van der Waals surface area contributed by atoms with Crippen molar-refractivity contribution in [2.75, 3.05) is 38.2 Å². The molecule has 1 aromatic carbocycles. The minimum atomic E-state index is 0. The summed E-state index contributed by atoms with van der Waals surface area (Å²) in [5.41, 5.74) is 1.12. The van der Waals surface area contributed by atoms with Crippen LogP contribution in [0.3, 0.4) is 0 Å². The third-order valence-electron chi connectivity index (χ3n) is 4.36. The Labute approximate surface area is 185 Å². The maximum atomic E-state index is 11.8. The summed E-state index contributed by atoms with van der Waals surface area (Å²) in [6.07, 6.45) is 1.42. The lowest BCUT2D eigenvalue weighted by Crippen LogP contribution is -2.44. The number of nitrogens with zero attached hydrogens (tertiary/aromatic N) is 2. The maximum absolute atomic E-state index is 11.8. The van der Waals surface area contributed by atoms with Gasteiger partial charge in [-0.15, -0.1) is 24.0 Å². The summed E-state index contributed by atoms with van der Waals surface area (Å²) in [7, 11) is 1.70. The van der Waals surface area contributed by atoms with Crippen LogP contribution in [-0.2, 0) is 4.79 Å². The Bertz CT molecular complexity index is 639. The number of benzene rings is 1. The Morgan fingerprint density at radius 1 is 1.36 bits per heavy atom. The molecule has 0 spiro atoms. The molecule has 7 nitrogen and oxygen atoms in total. The molecule has 1 fully saturated rings. The van der Waals surface area contributed by atoms with E-state index in [2.05, 4.69) is 31.9 Å². The topological polar surface area (TPSA) is 78.0 Å². The molecule has 0 bridgehead atoms. The number of hydrogen-bond donors (Lipinski definition) is 3. The molecule has 1 aliphatic rings. The highest BCUT2D eigenvalue weighted by Gasteiger charge is 2.25. The van der Waals surface area contributed by atoms with Crippen molar-refractivity contribution in [2.24, 2.45) is 4.99 Å². The summed E-state index contributed by atoms with van der Waals surface area (Å²) in [4.78, 5) is 18.6. The number of carbonyl (C=O) groups is 1. The van der Waals surface area contributed by atoms with Crippen LogP contribution in [0.2, 0.25) is 0 Å². The molecule has 28 heavy (non-hydrogen) atoms. The largest absolute Gasteiger partial charge is 0.495 e. The minimum absolute atomic E-state index is 0. The van der Waals surface area contributed by atoms with Crippen molar-refractivity contribution in [3.05, 3.63) is 24.3 Å². The maximum Gasteiger partial charge on any atom is 0.222 e. The molecular weight excluding hydrogens is 469 g/mol. The number of methoxy groups -OCH3 is 1. The Hall–Kier alpha value is -1.71. The van der Waals surface area contributed by atoms with Crippen molar-refractivity contribution in [1.29, 1.82) is 0 Å². The minimum Gasteiger partial charge on any atom is -0.495 e. The number of rotatable bonds is 8. The second kappa shape index (κ2) is 12.7. The smallest absolute Gasteiger partial charge is 0.222 e. The average molecular weight is 503 g/mol. The van der Waals surface area contributed by atoms with Crippen molar-refractivity contribution in [3.8, 4) is 5.75 Å². The lowest BCUT2D eigenvalue weighted by molar-refractivity contribution is -0.121. The van der Waals surface area contributed by atoms with E-state index in [0.717, 1.165) is 43.5 Å². The van der Waals surface area contributed by atoms with Gasteiger partial charge in [0, 0.05) is 38.1 Å². The van der Waals surface area contributed by atoms with Crippen molar-refractivity contribution >= 4 is 41.5 Å². The van der Waals surface area contributed by atoms with E-state index in [1.54, 1.807) is 7.11 Å². The third-order valence-corrected chi connectivity index (χ3v) is 4.36. The highest BCUT2D eigenvalue weighted by Crippen LogP contribution is 2.30. The summed E-state index contributed by atoms with van der Waals surface area (Å²) < 4.78 is 5.48. The quantitative estimate of drug-likeness (QED) is 0.289. The molecule has 2 rings (SSSR count). The van der Waals surface area contributed by atoms with E-state index >= 15 is 0 Å². The van der Waals surface area contributed by atoms with Crippen molar-refractivity contribution in [3.63, 3.8) is 0 Å². The predicted molar refractivity (Wildman–Crippen MR) is 126 cm³/mol. The molecule has 8 heteroatoms. The van der Waals surface area contributed by atoms with Gasteiger partial charge in [-0.25, -0.2) is 0 Å². The molecule has 1 unspecified atom stereocenters. The normalized spacial score (nSPS) is 16.5. The van der Waals surface area contributed by atoms with Crippen LogP contribution in [0.25, 0.3) is 0 Å². The van der Waals surface area contributed by atoms with E-state index in [1.165, 1.54) is 0 Å². The van der Waals surface area contributed by atoms with E-state index in [1.807, 2.05) is 39.0 Å². The van der Waals surface area contributed by atoms with E-state index in [4.69, 9.17) is 4.74 Å². The number of hydrogen-bond acceptors (Lipinski definition) is 4. The first-order valence-electron chi connectivity index (χ1n) is 9.75. The lowest BCUT2D eigenvalue weighted by atomic mass is 10.2. The average Bonchev–Trinajstić information content (AvgIpc) is 3.09. The van der Waals surface area contributed by atoms with Crippen molar-refractivity contribution in [2.45, 2.75) is 45.7 Å². The zero-order chi connectivity index (χ0) is 19.6. The van der Waals surface area contributed by atoms with E-state index < -0.39 is 0 Å². The molecular formula is C20H34IN5O2. The molecule has 1 aliphatic heterocycles. The van der Waals surface area contributed by atoms with Crippen LogP contribution in [0.5, 0.6) is 5.75 Å². The predicted octanol–water partition coefficient (Wildman–Crippen LogP) is 2.36. The monoisotopic (exact) mass is 503 g/mol. The van der Waals surface area contributed by atoms with Crippen molar-refractivity contribution < 1.29 is 9.53 Å². The fourth-order valence-corrected chi connectivity index (χ4v) is 3.16. The van der Waals surface area contributed by atoms with E-state index in [0.29, 0.717) is 19.0 Å². The fourth-order valence-electron chi connectivity index (χ4n) is 3.16. The number of anilines is 1. The van der Waals surface area contributed by atoms with Crippen molar-refractivity contribution in [1.82, 2.24) is 16.0 Å². The standard InChI is InChI=1S/C20H33N5O2.HI/c1-5-21-20(22-12-10-19(26)23-15(2)3)24-16-11-13-25(14-16)17-8-6-7-9-18(17)27-4;/h6-9,15-16H,5,10-14H2,1-4H3,(H,23,26)(H2,21,22,24);1H. The Kier molecular flexibility index (Phi) is 11.0. The molecule has 0 saturated carbocycles. The number of guanidine groups is 1. The lowest BCUT2D eigenvalue weighted by Gasteiger charge is -2.22. The second-order valence-corrected chi connectivity index (χ2v) is 6.98. The zero-order valence-electron chi connectivity index (χ0n) is 17.3. The van der Waals surface area contributed by atoms with E-state index in [9.17, 15) is 4.79 Å². The Balaban J connectivity index is 0.00000392. The summed E-state index contributed by atoms with van der Waals surface area (Å²) >= 11 is 0. The van der Waals surface area contributed by atoms with E-state index in [-0.39, 0.29) is 35.9 Å². The van der Waals surface area contributed by atoms with Crippen LogP contribution in [0, 0.1) is 0 Å². The molecule has 0 radical (unpaired) electrons. The molecule has 158 valence electrons. The van der Waals surface area contributed by atoms with Crippen LogP contribution >= 0.6 is 24.0 Å². The van der Waals surface area contributed by atoms with Gasteiger partial charge in [0.1, 0.15) is 5.75 Å². The second-order valence-electron chi connectivity index (χ2n) is 6.98. The molecule has 3 N–H and O–H groups in total. The SMILES string of the molecule is CCNC(=NCCC(=O)NC(C)C)NC1CCN(c2ccccc2OC)C1.I. The van der Waals surface area contributed by atoms with Gasteiger partial charge in [-0.3, -0.25) is 9.79 Å². The molecule has 1 heterocycles. The summed E-state index contributed by atoms with van der Waals surface area (Å²) in [5, 5.41) is 9.65. The van der Waals surface area contributed by atoms with Gasteiger partial charge in [0.25, 0.3) is 0 Å². The van der Waals surface area contributed by atoms with Crippen LogP contribution in [0.4, 0.5) is 5.69 Å². The number of para-hydroxylation sites is 2. The zero-order valence-corrected chi connectivity index (χ0v) is 19.7.